The molecule has 0 fully saturated rings. The number of benzene rings is 1. The summed E-state index contributed by atoms with van der Waals surface area (Å²) in [5, 5.41) is 12.7. The third-order valence-electron chi connectivity index (χ3n) is 3.35. The predicted octanol–water partition coefficient (Wildman–Crippen LogP) is 3.83. The third kappa shape index (κ3) is 3.81. The molecule has 6 nitrogen and oxygen atoms in total. The molecule has 0 aliphatic carbocycles. The van der Waals surface area contributed by atoms with E-state index in [-0.39, 0.29) is 23.9 Å². The van der Waals surface area contributed by atoms with Gasteiger partial charge < -0.3 is 5.32 Å². The molecule has 2 N–H and O–H groups in total. The fraction of sp³-hybridized carbons (Fsp3) is 0.214. The lowest BCUT2D eigenvalue weighted by Crippen LogP contribution is -2.08. The van der Waals surface area contributed by atoms with Crippen molar-refractivity contribution in [1.82, 2.24) is 25.0 Å². The number of halogens is 5. The second-order valence-corrected chi connectivity index (χ2v) is 5.91. The highest BCUT2D eigenvalue weighted by Crippen LogP contribution is 2.29. The number of alkyl halides is 3. The van der Waals surface area contributed by atoms with Crippen molar-refractivity contribution in [2.24, 2.45) is 0 Å². The Balaban J connectivity index is 1.81. The summed E-state index contributed by atoms with van der Waals surface area (Å²) in [5.74, 6) is -0.295. The molecule has 0 saturated heterocycles. The van der Waals surface area contributed by atoms with Gasteiger partial charge >= 0.3 is 6.18 Å². The number of aromatic nitrogens is 5. The Morgan fingerprint density at radius 3 is 2.60 bits per heavy atom. The first-order valence-electron chi connectivity index (χ1n) is 6.98. The summed E-state index contributed by atoms with van der Waals surface area (Å²) in [6.45, 7) is 1.58. The first kappa shape index (κ1) is 17.4. The van der Waals surface area contributed by atoms with Crippen LogP contribution in [0.25, 0.3) is 5.69 Å². The quantitative estimate of drug-likeness (QED) is 0.631. The van der Waals surface area contributed by atoms with E-state index in [2.05, 4.69) is 41.5 Å². The molecule has 0 amide bonds. The SMILES string of the molecule is Cc1cc(C(F)(F)F)nn1-c1ccc(CNc2n[nH]c(Br)n2)c(F)c1. The zero-order chi connectivity index (χ0) is 18.2. The van der Waals surface area contributed by atoms with Gasteiger partial charge in [0, 0.05) is 17.8 Å². The monoisotopic (exact) mass is 418 g/mol. The number of nitrogens with zero attached hydrogens (tertiary/aromatic N) is 4. The maximum atomic E-state index is 14.3. The summed E-state index contributed by atoms with van der Waals surface area (Å²) >= 11 is 3.10. The lowest BCUT2D eigenvalue weighted by molar-refractivity contribution is -0.141. The fourth-order valence-corrected chi connectivity index (χ4v) is 2.44. The molecule has 0 aliphatic heterocycles. The lowest BCUT2D eigenvalue weighted by atomic mass is 10.2. The second-order valence-electron chi connectivity index (χ2n) is 5.16. The number of hydrogen-bond donors (Lipinski definition) is 2. The van der Waals surface area contributed by atoms with Crippen molar-refractivity contribution < 1.29 is 17.6 Å². The molecule has 0 saturated carbocycles. The van der Waals surface area contributed by atoms with Gasteiger partial charge in [0.05, 0.1) is 5.69 Å². The number of aryl methyl sites for hydroxylation is 1. The molecule has 132 valence electrons. The minimum Gasteiger partial charge on any atom is -0.349 e. The van der Waals surface area contributed by atoms with E-state index in [9.17, 15) is 17.6 Å². The van der Waals surface area contributed by atoms with Crippen LogP contribution < -0.4 is 5.32 Å². The van der Waals surface area contributed by atoms with Gasteiger partial charge in [-0.2, -0.15) is 23.3 Å². The van der Waals surface area contributed by atoms with E-state index in [4.69, 9.17) is 0 Å². The molecular weight excluding hydrogens is 408 g/mol. The van der Waals surface area contributed by atoms with Crippen molar-refractivity contribution in [1.29, 1.82) is 0 Å². The third-order valence-corrected chi connectivity index (χ3v) is 3.71. The standard InChI is InChI=1S/C14H11BrF4N6/c1-7-4-11(14(17,18)19)24-25(7)9-3-2-8(10(16)5-9)6-20-13-21-12(15)22-23-13/h2-5H,6H2,1H3,(H2,20,21,22,23). The van der Waals surface area contributed by atoms with E-state index in [0.717, 1.165) is 16.8 Å². The number of hydrogen-bond acceptors (Lipinski definition) is 4. The smallest absolute Gasteiger partial charge is 0.349 e. The van der Waals surface area contributed by atoms with Crippen LogP contribution in [0.2, 0.25) is 0 Å². The van der Waals surface area contributed by atoms with E-state index < -0.39 is 17.7 Å². The van der Waals surface area contributed by atoms with Gasteiger partial charge in [-0.25, -0.2) is 9.07 Å². The Morgan fingerprint density at radius 1 is 1.28 bits per heavy atom. The van der Waals surface area contributed by atoms with Crippen LogP contribution in [0.4, 0.5) is 23.5 Å². The summed E-state index contributed by atoms with van der Waals surface area (Å²) in [6, 6.07) is 5.00. The molecule has 0 unspecified atom stereocenters. The number of H-pyrrole nitrogens is 1. The molecule has 25 heavy (non-hydrogen) atoms. The molecule has 2 heterocycles. The first-order valence-corrected chi connectivity index (χ1v) is 7.78. The molecule has 0 atom stereocenters. The summed E-state index contributed by atoms with van der Waals surface area (Å²) in [4.78, 5) is 3.95. The highest BCUT2D eigenvalue weighted by Gasteiger charge is 2.34. The molecule has 3 rings (SSSR count). The summed E-state index contributed by atoms with van der Waals surface area (Å²) in [6.07, 6.45) is -4.55. The topological polar surface area (TPSA) is 71.4 Å². The first-order chi connectivity index (χ1) is 11.7. The molecule has 2 aromatic heterocycles. The van der Waals surface area contributed by atoms with Crippen molar-refractivity contribution in [3.05, 3.63) is 51.8 Å². The van der Waals surface area contributed by atoms with Gasteiger partial charge in [0.25, 0.3) is 0 Å². The highest BCUT2D eigenvalue weighted by atomic mass is 79.9. The summed E-state index contributed by atoms with van der Waals surface area (Å²) in [7, 11) is 0. The molecule has 1 aromatic carbocycles. The number of rotatable bonds is 4. The summed E-state index contributed by atoms with van der Waals surface area (Å²) < 4.78 is 53.9. The summed E-state index contributed by atoms with van der Waals surface area (Å²) in [5.41, 5.74) is -0.255. The normalized spacial score (nSPS) is 11.8. The van der Waals surface area contributed by atoms with Crippen molar-refractivity contribution >= 4 is 21.9 Å². The number of anilines is 1. The van der Waals surface area contributed by atoms with Crippen molar-refractivity contribution in [2.45, 2.75) is 19.6 Å². The molecule has 3 aromatic rings. The number of aromatic amines is 1. The van der Waals surface area contributed by atoms with Crippen molar-refractivity contribution in [3.63, 3.8) is 0 Å². The van der Waals surface area contributed by atoms with Crippen LogP contribution in [-0.4, -0.2) is 25.0 Å². The van der Waals surface area contributed by atoms with Gasteiger partial charge in [-0.1, -0.05) is 6.07 Å². The average Bonchev–Trinajstić information content (AvgIpc) is 3.11. The molecule has 0 spiro atoms. The molecule has 0 bridgehead atoms. The van der Waals surface area contributed by atoms with Crippen LogP contribution in [0.1, 0.15) is 17.0 Å². The molecule has 0 radical (unpaired) electrons. The van der Waals surface area contributed by atoms with Gasteiger partial charge in [0.1, 0.15) is 5.82 Å². The van der Waals surface area contributed by atoms with Gasteiger partial charge in [-0.3, -0.25) is 5.10 Å². The Morgan fingerprint density at radius 2 is 2.04 bits per heavy atom. The van der Waals surface area contributed by atoms with Crippen LogP contribution in [0.15, 0.2) is 29.0 Å². The molecular formula is C14H11BrF4N6. The van der Waals surface area contributed by atoms with E-state index in [1.165, 1.54) is 19.1 Å². The minimum atomic E-state index is -4.55. The van der Waals surface area contributed by atoms with E-state index in [0.29, 0.717) is 10.3 Å². The number of nitrogens with one attached hydrogen (secondary N) is 2. The van der Waals surface area contributed by atoms with Crippen molar-refractivity contribution in [3.8, 4) is 5.69 Å². The van der Waals surface area contributed by atoms with E-state index in [1.807, 2.05) is 0 Å². The van der Waals surface area contributed by atoms with E-state index in [1.54, 1.807) is 0 Å². The Hall–Kier alpha value is -2.43. The maximum Gasteiger partial charge on any atom is 0.435 e. The van der Waals surface area contributed by atoms with Crippen LogP contribution in [-0.2, 0) is 12.7 Å². The second kappa shape index (κ2) is 6.47. The van der Waals surface area contributed by atoms with Gasteiger partial charge in [0.2, 0.25) is 5.95 Å². The van der Waals surface area contributed by atoms with Crippen LogP contribution in [0, 0.1) is 12.7 Å². The predicted molar refractivity (Wildman–Crippen MR) is 84.7 cm³/mol. The lowest BCUT2D eigenvalue weighted by Gasteiger charge is -2.08. The van der Waals surface area contributed by atoms with Crippen LogP contribution in [0.3, 0.4) is 0 Å². The zero-order valence-electron chi connectivity index (χ0n) is 12.7. The van der Waals surface area contributed by atoms with Crippen LogP contribution >= 0.6 is 15.9 Å². The highest BCUT2D eigenvalue weighted by molar-refractivity contribution is 9.10. The average molecular weight is 419 g/mol. The fourth-order valence-electron chi connectivity index (χ4n) is 2.18. The van der Waals surface area contributed by atoms with Crippen molar-refractivity contribution in [2.75, 3.05) is 5.32 Å². The molecule has 11 heteroatoms. The Labute approximate surface area is 147 Å². The van der Waals surface area contributed by atoms with E-state index >= 15 is 0 Å². The minimum absolute atomic E-state index is 0.113. The van der Waals surface area contributed by atoms with Gasteiger partial charge in [0.15, 0.2) is 10.4 Å². The zero-order valence-corrected chi connectivity index (χ0v) is 14.3. The van der Waals surface area contributed by atoms with Crippen LogP contribution in [0.5, 0.6) is 0 Å². The van der Waals surface area contributed by atoms with Gasteiger partial charge in [-0.15, -0.1) is 5.10 Å². The maximum absolute atomic E-state index is 14.3. The molecule has 0 aliphatic rings. The largest absolute Gasteiger partial charge is 0.435 e. The Bertz CT molecular complexity index is 901. The van der Waals surface area contributed by atoms with Gasteiger partial charge in [-0.05, 0) is 41.1 Å². The Kier molecular flexibility index (Phi) is 4.50.